The quantitative estimate of drug-likeness (QED) is 0.220. The molecule has 4 aromatic carbocycles. The summed E-state index contributed by atoms with van der Waals surface area (Å²) in [5.41, 5.74) is 6.55. The van der Waals surface area contributed by atoms with E-state index in [0.29, 0.717) is 23.0 Å². The Balaban J connectivity index is 1.28. The Bertz CT molecular complexity index is 1870. The van der Waals surface area contributed by atoms with Crippen LogP contribution in [-0.4, -0.2) is 19.5 Å². The fourth-order valence-corrected chi connectivity index (χ4v) is 8.39. The lowest BCUT2D eigenvalue weighted by Crippen LogP contribution is -2.32. The molecular weight excluding hydrogens is 514 g/mol. The van der Waals surface area contributed by atoms with Crippen molar-refractivity contribution >= 4 is 43.2 Å². The van der Waals surface area contributed by atoms with Crippen LogP contribution in [0.3, 0.4) is 0 Å². The molecule has 3 atom stereocenters. The van der Waals surface area contributed by atoms with Crippen LogP contribution >= 0.6 is 0 Å². The lowest BCUT2D eigenvalue weighted by molar-refractivity contribution is 0.425. The number of aromatic nitrogens is 1. The van der Waals surface area contributed by atoms with Crippen LogP contribution in [0.1, 0.15) is 43.4 Å². The van der Waals surface area contributed by atoms with Gasteiger partial charge in [0.2, 0.25) is 0 Å². The summed E-state index contributed by atoms with van der Waals surface area (Å²) in [5.74, 6) is 0.481. The minimum atomic E-state index is -3.70. The first-order valence-electron chi connectivity index (χ1n) is 14.2. The number of hydrogen-bond acceptors (Lipinski definition) is 3. The maximum atomic E-state index is 13.8. The average Bonchev–Trinajstić information content (AvgIpc) is 3.60. The van der Waals surface area contributed by atoms with E-state index in [2.05, 4.69) is 71.4 Å². The molecule has 3 unspecified atom stereocenters. The van der Waals surface area contributed by atoms with Gasteiger partial charge in [0.25, 0.3) is 10.0 Å². The van der Waals surface area contributed by atoms with Gasteiger partial charge in [-0.15, -0.1) is 0 Å². The van der Waals surface area contributed by atoms with E-state index in [-0.39, 0.29) is 12.0 Å². The summed E-state index contributed by atoms with van der Waals surface area (Å²) in [6, 6.07) is 30.6. The highest BCUT2D eigenvalue weighted by molar-refractivity contribution is 7.92. The molecule has 0 spiro atoms. The maximum Gasteiger partial charge on any atom is 0.264 e. The van der Waals surface area contributed by atoms with Gasteiger partial charge in [0.1, 0.15) is 0 Å². The van der Waals surface area contributed by atoms with Crippen LogP contribution in [0.4, 0.5) is 11.4 Å². The Morgan fingerprint density at radius 1 is 0.875 bits per heavy atom. The lowest BCUT2D eigenvalue weighted by atomic mass is 9.77. The SMILES string of the molecule is CCN(c1ccccc1)S(=O)(=O)c1ccc2c(c1)C1C=CCC1C(c1ccc3c(c1)c1ccccc1n3CC)N2. The summed E-state index contributed by atoms with van der Waals surface area (Å²) in [6.45, 7) is 5.37. The number of fused-ring (bicyclic) bond motifs is 6. The molecule has 0 bridgehead atoms. The topological polar surface area (TPSA) is 54.3 Å². The van der Waals surface area contributed by atoms with Gasteiger partial charge in [0, 0.05) is 46.5 Å². The van der Waals surface area contributed by atoms with Gasteiger partial charge in [-0.3, -0.25) is 4.31 Å². The standard InChI is InChI=1S/C34H33N3O2S/c1-3-36-32-16-9-8-13-27(32)30-21-23(17-20-33(30)36)34-28-15-10-14-26(28)29-22-25(18-19-31(29)35-34)40(38,39)37(4-2)24-11-6-5-7-12-24/h5-14,16-22,26,28,34-35H,3-4,15H2,1-2H3. The summed E-state index contributed by atoms with van der Waals surface area (Å²) >= 11 is 0. The first-order valence-corrected chi connectivity index (χ1v) is 15.6. The van der Waals surface area contributed by atoms with Gasteiger partial charge in [-0.05, 0) is 85.8 Å². The van der Waals surface area contributed by atoms with Crippen molar-refractivity contribution < 1.29 is 8.42 Å². The smallest absolute Gasteiger partial charge is 0.264 e. The molecule has 7 rings (SSSR count). The zero-order chi connectivity index (χ0) is 27.4. The van der Waals surface area contributed by atoms with E-state index in [9.17, 15) is 8.42 Å². The van der Waals surface area contributed by atoms with Crippen molar-refractivity contribution in [3.63, 3.8) is 0 Å². The van der Waals surface area contributed by atoms with Crippen molar-refractivity contribution in [2.75, 3.05) is 16.2 Å². The van der Waals surface area contributed by atoms with Gasteiger partial charge in [0.15, 0.2) is 0 Å². The molecule has 6 heteroatoms. The van der Waals surface area contributed by atoms with Crippen molar-refractivity contribution in [1.82, 2.24) is 4.57 Å². The predicted molar refractivity (Wildman–Crippen MR) is 165 cm³/mol. The van der Waals surface area contributed by atoms with Crippen molar-refractivity contribution in [1.29, 1.82) is 0 Å². The van der Waals surface area contributed by atoms with Crippen LogP contribution in [0, 0.1) is 5.92 Å². The molecule has 0 amide bonds. The summed E-state index contributed by atoms with van der Waals surface area (Å²) in [5, 5.41) is 6.39. The third-order valence-electron chi connectivity index (χ3n) is 8.73. The Labute approximate surface area is 235 Å². The van der Waals surface area contributed by atoms with Crippen LogP contribution in [0.25, 0.3) is 21.8 Å². The number of nitrogens with zero attached hydrogens (tertiary/aromatic N) is 2. The Hall–Kier alpha value is -4.03. The van der Waals surface area contributed by atoms with Crippen LogP contribution in [0.15, 0.2) is 108 Å². The summed E-state index contributed by atoms with van der Waals surface area (Å²) < 4.78 is 31.4. The molecule has 40 heavy (non-hydrogen) atoms. The van der Waals surface area contributed by atoms with E-state index >= 15 is 0 Å². The third kappa shape index (κ3) is 3.77. The van der Waals surface area contributed by atoms with Gasteiger partial charge in [-0.2, -0.15) is 0 Å². The number of para-hydroxylation sites is 2. The minimum absolute atomic E-state index is 0.138. The van der Waals surface area contributed by atoms with Crippen molar-refractivity contribution in [2.24, 2.45) is 5.92 Å². The maximum absolute atomic E-state index is 13.8. The molecule has 0 saturated heterocycles. The molecule has 2 aliphatic rings. The molecular formula is C34H33N3O2S. The first kappa shape index (κ1) is 25.0. The highest BCUT2D eigenvalue weighted by Gasteiger charge is 2.39. The van der Waals surface area contributed by atoms with Crippen LogP contribution in [0.2, 0.25) is 0 Å². The van der Waals surface area contributed by atoms with E-state index in [1.807, 2.05) is 49.4 Å². The Kier molecular flexibility index (Phi) is 5.97. The summed E-state index contributed by atoms with van der Waals surface area (Å²) in [7, 11) is -3.70. The van der Waals surface area contributed by atoms with Crippen LogP contribution in [-0.2, 0) is 16.6 Å². The molecule has 1 N–H and O–H groups in total. The molecule has 1 aromatic heterocycles. The number of anilines is 2. The summed E-state index contributed by atoms with van der Waals surface area (Å²) in [4.78, 5) is 0.338. The second-order valence-corrected chi connectivity index (χ2v) is 12.6. The lowest BCUT2D eigenvalue weighted by Gasteiger charge is -2.38. The molecule has 5 nitrogen and oxygen atoms in total. The van der Waals surface area contributed by atoms with E-state index in [4.69, 9.17) is 0 Å². The molecule has 5 aromatic rings. The molecule has 2 heterocycles. The van der Waals surface area contributed by atoms with Gasteiger partial charge in [-0.25, -0.2) is 8.42 Å². The molecule has 0 fully saturated rings. The zero-order valence-corrected chi connectivity index (χ0v) is 23.6. The van der Waals surface area contributed by atoms with Crippen molar-refractivity contribution in [3.05, 3.63) is 114 Å². The van der Waals surface area contributed by atoms with E-state index in [1.54, 1.807) is 6.07 Å². The number of rotatable bonds is 6. The van der Waals surface area contributed by atoms with Gasteiger partial charge in [0.05, 0.1) is 16.6 Å². The average molecular weight is 548 g/mol. The van der Waals surface area contributed by atoms with Gasteiger partial charge < -0.3 is 9.88 Å². The van der Waals surface area contributed by atoms with E-state index in [1.165, 1.54) is 31.7 Å². The highest BCUT2D eigenvalue weighted by atomic mass is 32.2. The second kappa shape index (κ2) is 9.56. The van der Waals surface area contributed by atoms with Crippen molar-refractivity contribution in [2.45, 2.75) is 43.7 Å². The molecule has 1 aliphatic carbocycles. The largest absolute Gasteiger partial charge is 0.378 e. The number of hydrogen-bond donors (Lipinski definition) is 1. The number of allylic oxidation sites excluding steroid dienone is 2. The highest BCUT2D eigenvalue weighted by Crippen LogP contribution is 2.51. The fraction of sp³-hybridized carbons (Fsp3) is 0.235. The third-order valence-corrected chi connectivity index (χ3v) is 10.6. The Morgan fingerprint density at radius 3 is 2.45 bits per heavy atom. The van der Waals surface area contributed by atoms with Crippen molar-refractivity contribution in [3.8, 4) is 0 Å². The number of sulfonamides is 1. The Morgan fingerprint density at radius 2 is 1.65 bits per heavy atom. The number of aryl methyl sites for hydroxylation is 1. The predicted octanol–water partition coefficient (Wildman–Crippen LogP) is 7.86. The normalized spacial score (nSPS) is 19.9. The fourth-order valence-electron chi connectivity index (χ4n) is 6.88. The molecule has 202 valence electrons. The van der Waals surface area contributed by atoms with Crippen LogP contribution < -0.4 is 9.62 Å². The molecule has 0 saturated carbocycles. The monoisotopic (exact) mass is 547 g/mol. The van der Waals surface area contributed by atoms with E-state index < -0.39 is 10.0 Å². The molecule has 1 aliphatic heterocycles. The zero-order valence-electron chi connectivity index (χ0n) is 22.8. The van der Waals surface area contributed by atoms with Gasteiger partial charge in [-0.1, -0.05) is 54.6 Å². The second-order valence-electron chi connectivity index (χ2n) is 10.8. The first-order chi connectivity index (χ1) is 19.5. The van der Waals surface area contributed by atoms with Crippen LogP contribution in [0.5, 0.6) is 0 Å². The molecule has 0 radical (unpaired) electrons. The van der Waals surface area contributed by atoms with Gasteiger partial charge >= 0.3 is 0 Å². The minimum Gasteiger partial charge on any atom is -0.378 e. The summed E-state index contributed by atoms with van der Waals surface area (Å²) in [6.07, 6.45) is 5.48. The number of benzene rings is 4. The van der Waals surface area contributed by atoms with E-state index in [0.717, 1.165) is 24.2 Å². The number of nitrogens with one attached hydrogen (secondary N) is 1.